The van der Waals surface area contributed by atoms with Crippen LogP contribution in [0.5, 0.6) is 5.75 Å². The predicted octanol–water partition coefficient (Wildman–Crippen LogP) is 4.33. The van der Waals surface area contributed by atoms with Crippen LogP contribution in [-0.2, 0) is 4.79 Å². The van der Waals surface area contributed by atoms with E-state index in [1.807, 2.05) is 71.3 Å². The fourth-order valence-electron chi connectivity index (χ4n) is 4.81. The van der Waals surface area contributed by atoms with Crippen LogP contribution in [0, 0.1) is 5.92 Å². The van der Waals surface area contributed by atoms with Crippen molar-refractivity contribution in [2.24, 2.45) is 5.92 Å². The van der Waals surface area contributed by atoms with E-state index in [0.717, 1.165) is 17.2 Å². The van der Waals surface area contributed by atoms with Crippen LogP contribution in [0.1, 0.15) is 35.2 Å². The summed E-state index contributed by atoms with van der Waals surface area (Å²) in [5.41, 5.74) is 1.87. The van der Waals surface area contributed by atoms with Gasteiger partial charge in [-0.2, -0.15) is 0 Å². The van der Waals surface area contributed by atoms with Crippen molar-refractivity contribution in [3.63, 3.8) is 0 Å². The van der Waals surface area contributed by atoms with Gasteiger partial charge in [-0.1, -0.05) is 60.7 Å². The van der Waals surface area contributed by atoms with Crippen molar-refractivity contribution in [1.29, 1.82) is 0 Å². The van der Waals surface area contributed by atoms with E-state index in [-0.39, 0.29) is 17.7 Å². The van der Waals surface area contributed by atoms with Crippen LogP contribution in [0.2, 0.25) is 0 Å². The lowest BCUT2D eigenvalue weighted by Gasteiger charge is -2.35. The van der Waals surface area contributed by atoms with Crippen LogP contribution in [-0.4, -0.2) is 54.4 Å². The molecular weight excluding hydrogens is 400 g/mol. The van der Waals surface area contributed by atoms with E-state index < -0.39 is 0 Å². The summed E-state index contributed by atoms with van der Waals surface area (Å²) >= 11 is 0. The molecule has 2 atom stereocenters. The molecule has 2 fully saturated rings. The molecule has 5 heteroatoms. The lowest BCUT2D eigenvalue weighted by molar-refractivity contribution is -0.134. The first-order chi connectivity index (χ1) is 15.7. The minimum Gasteiger partial charge on any atom is -0.493 e. The Morgan fingerprint density at radius 3 is 2.31 bits per heavy atom. The maximum atomic E-state index is 13.5. The number of carbonyl (C=O) groups is 2. The molecule has 0 bridgehead atoms. The van der Waals surface area contributed by atoms with Crippen LogP contribution in [0.3, 0.4) is 0 Å². The molecule has 3 aromatic rings. The largest absolute Gasteiger partial charge is 0.493 e. The molecule has 0 N–H and O–H groups in total. The third-order valence-corrected chi connectivity index (χ3v) is 6.62. The second-order valence-corrected chi connectivity index (χ2v) is 8.57. The van der Waals surface area contributed by atoms with Crippen molar-refractivity contribution in [3.8, 4) is 5.75 Å². The SMILES string of the molecule is CCOc1ccc2ccccc2c1C(=O)N1CCN(C(=O)[C@H]2C[C@H]2c2ccccc2)CC1. The molecular formula is C27H28N2O3. The second-order valence-electron chi connectivity index (χ2n) is 8.57. The first-order valence-corrected chi connectivity index (χ1v) is 11.4. The smallest absolute Gasteiger partial charge is 0.258 e. The maximum absolute atomic E-state index is 13.5. The molecule has 0 spiro atoms. The van der Waals surface area contributed by atoms with Crippen LogP contribution < -0.4 is 4.74 Å². The number of fused-ring (bicyclic) bond motifs is 1. The molecule has 1 heterocycles. The molecule has 2 amide bonds. The van der Waals surface area contributed by atoms with Gasteiger partial charge in [-0.25, -0.2) is 0 Å². The zero-order valence-corrected chi connectivity index (χ0v) is 18.4. The van der Waals surface area contributed by atoms with Gasteiger partial charge in [0.05, 0.1) is 12.2 Å². The number of hydrogen-bond donors (Lipinski definition) is 0. The van der Waals surface area contributed by atoms with E-state index in [1.165, 1.54) is 5.56 Å². The van der Waals surface area contributed by atoms with E-state index >= 15 is 0 Å². The number of nitrogens with zero attached hydrogens (tertiary/aromatic N) is 2. The van der Waals surface area contributed by atoms with Gasteiger partial charge in [0.25, 0.3) is 5.91 Å². The standard InChI is InChI=1S/C27H28N2O3/c1-2-32-24-13-12-20-10-6-7-11-21(20)25(24)27(31)29-16-14-28(15-17-29)26(30)23-18-22(23)19-8-4-3-5-9-19/h3-13,22-23H,2,14-18H2,1H3/t22-,23-/m0/s1. The third-order valence-electron chi connectivity index (χ3n) is 6.62. The first-order valence-electron chi connectivity index (χ1n) is 11.4. The normalized spacial score (nSPS) is 20.3. The predicted molar refractivity (Wildman–Crippen MR) is 125 cm³/mol. The molecule has 0 radical (unpaired) electrons. The van der Waals surface area contributed by atoms with Crippen LogP contribution >= 0.6 is 0 Å². The number of amides is 2. The van der Waals surface area contributed by atoms with Crippen LogP contribution in [0.25, 0.3) is 10.8 Å². The highest BCUT2D eigenvalue weighted by atomic mass is 16.5. The van der Waals surface area contributed by atoms with Gasteiger partial charge in [0.2, 0.25) is 5.91 Å². The molecule has 164 valence electrons. The minimum atomic E-state index is -0.0223. The Labute approximate surface area is 188 Å². The average Bonchev–Trinajstić information content (AvgIpc) is 3.65. The van der Waals surface area contributed by atoms with Gasteiger partial charge < -0.3 is 14.5 Å². The molecule has 3 aromatic carbocycles. The fourth-order valence-corrected chi connectivity index (χ4v) is 4.81. The van der Waals surface area contributed by atoms with Crippen LogP contribution in [0.4, 0.5) is 0 Å². The molecule has 1 saturated carbocycles. The van der Waals surface area contributed by atoms with E-state index in [2.05, 4.69) is 12.1 Å². The summed E-state index contributed by atoms with van der Waals surface area (Å²) in [7, 11) is 0. The zero-order valence-electron chi connectivity index (χ0n) is 18.4. The van der Waals surface area contributed by atoms with Gasteiger partial charge >= 0.3 is 0 Å². The summed E-state index contributed by atoms with van der Waals surface area (Å²) in [6.45, 7) is 4.68. The van der Waals surface area contributed by atoms with Crippen molar-refractivity contribution in [3.05, 3.63) is 77.9 Å². The van der Waals surface area contributed by atoms with Crippen molar-refractivity contribution >= 4 is 22.6 Å². The Kier molecular flexibility index (Phi) is 5.56. The van der Waals surface area contributed by atoms with Crippen molar-refractivity contribution in [2.45, 2.75) is 19.3 Å². The molecule has 1 aliphatic carbocycles. The summed E-state index contributed by atoms with van der Waals surface area (Å²) < 4.78 is 5.80. The molecule has 0 aromatic heterocycles. The molecule has 0 unspecified atom stereocenters. The number of ether oxygens (including phenoxy) is 1. The lowest BCUT2D eigenvalue weighted by Crippen LogP contribution is -2.51. The summed E-state index contributed by atoms with van der Waals surface area (Å²) in [4.78, 5) is 30.3. The number of benzene rings is 3. The maximum Gasteiger partial charge on any atom is 0.258 e. The second kappa shape index (κ2) is 8.65. The van der Waals surface area contributed by atoms with Gasteiger partial charge in [0.1, 0.15) is 5.75 Å². The van der Waals surface area contributed by atoms with Gasteiger partial charge in [-0.15, -0.1) is 0 Å². The number of piperazine rings is 1. The number of carbonyl (C=O) groups excluding carboxylic acids is 2. The third kappa shape index (κ3) is 3.83. The highest BCUT2D eigenvalue weighted by molar-refractivity contribution is 6.09. The Morgan fingerprint density at radius 1 is 0.875 bits per heavy atom. The molecule has 5 nitrogen and oxygen atoms in total. The van der Waals surface area contributed by atoms with Crippen molar-refractivity contribution < 1.29 is 14.3 Å². The van der Waals surface area contributed by atoms with Crippen molar-refractivity contribution in [2.75, 3.05) is 32.8 Å². The number of rotatable bonds is 5. The minimum absolute atomic E-state index is 0.0223. The van der Waals surface area contributed by atoms with Gasteiger partial charge in [-0.3, -0.25) is 9.59 Å². The molecule has 1 aliphatic heterocycles. The quantitative estimate of drug-likeness (QED) is 0.608. The Balaban J connectivity index is 1.27. The lowest BCUT2D eigenvalue weighted by atomic mass is 10.0. The summed E-state index contributed by atoms with van der Waals surface area (Å²) in [6, 6.07) is 22.1. The monoisotopic (exact) mass is 428 g/mol. The Hall–Kier alpha value is -3.34. The first kappa shape index (κ1) is 20.6. The van der Waals surface area contributed by atoms with E-state index in [0.29, 0.717) is 50.0 Å². The summed E-state index contributed by atoms with van der Waals surface area (Å²) in [5, 5.41) is 1.93. The summed E-state index contributed by atoms with van der Waals surface area (Å²) in [5.74, 6) is 1.26. The average molecular weight is 429 g/mol. The molecule has 2 aliphatic rings. The van der Waals surface area contributed by atoms with E-state index in [1.54, 1.807) is 0 Å². The molecule has 5 rings (SSSR count). The van der Waals surface area contributed by atoms with Gasteiger partial charge in [-0.05, 0) is 41.7 Å². The van der Waals surface area contributed by atoms with Gasteiger partial charge in [0.15, 0.2) is 0 Å². The Bertz CT molecular complexity index is 1140. The highest BCUT2D eigenvalue weighted by Gasteiger charge is 2.46. The van der Waals surface area contributed by atoms with Crippen LogP contribution in [0.15, 0.2) is 66.7 Å². The topological polar surface area (TPSA) is 49.9 Å². The van der Waals surface area contributed by atoms with E-state index in [4.69, 9.17) is 4.74 Å². The zero-order chi connectivity index (χ0) is 22.1. The van der Waals surface area contributed by atoms with Gasteiger partial charge in [0, 0.05) is 32.1 Å². The summed E-state index contributed by atoms with van der Waals surface area (Å²) in [6.07, 6.45) is 0.926. The number of hydrogen-bond acceptors (Lipinski definition) is 3. The molecule has 1 saturated heterocycles. The van der Waals surface area contributed by atoms with Crippen molar-refractivity contribution in [1.82, 2.24) is 9.80 Å². The Morgan fingerprint density at radius 2 is 1.56 bits per heavy atom. The van der Waals surface area contributed by atoms with E-state index in [9.17, 15) is 9.59 Å². The fraction of sp³-hybridized carbons (Fsp3) is 0.333. The highest BCUT2D eigenvalue weighted by Crippen LogP contribution is 2.48. The molecule has 32 heavy (non-hydrogen) atoms.